The van der Waals surface area contributed by atoms with Gasteiger partial charge in [-0.3, -0.25) is 0 Å². The summed E-state index contributed by atoms with van der Waals surface area (Å²) in [6, 6.07) is 86.3. The first-order valence-corrected chi connectivity index (χ1v) is 29.7. The molecule has 4 nitrogen and oxygen atoms in total. The van der Waals surface area contributed by atoms with Crippen LogP contribution in [0.5, 0.6) is 0 Å². The van der Waals surface area contributed by atoms with Gasteiger partial charge in [-0.25, -0.2) is 0 Å². The fraction of sp³-hybridized carbons (Fsp3) is 0.221. The summed E-state index contributed by atoms with van der Waals surface area (Å²) in [4.78, 5) is 0. The quantitative estimate of drug-likeness (QED) is 0.0902. The van der Waals surface area contributed by atoms with E-state index in [0.29, 0.717) is 0 Å². The summed E-state index contributed by atoms with van der Waals surface area (Å²) >= 11 is 0. The molecule has 0 amide bonds. The van der Waals surface area contributed by atoms with Gasteiger partial charge in [0.15, 0.2) is 12.6 Å². The van der Waals surface area contributed by atoms with Gasteiger partial charge in [0.1, 0.15) is 6.15 Å². The van der Waals surface area contributed by atoms with Crippen molar-refractivity contribution in [2.24, 2.45) is 0 Å². The second-order valence-corrected chi connectivity index (χ2v) is 23.8. The van der Waals surface area contributed by atoms with E-state index in [0.717, 1.165) is 51.6 Å². The fourth-order valence-corrected chi connectivity index (χ4v) is 14.8. The third-order valence-electron chi connectivity index (χ3n) is 14.7. The van der Waals surface area contributed by atoms with Gasteiger partial charge in [0.25, 0.3) is 0 Å². The Kier molecular flexibility index (Phi) is 23.9. The summed E-state index contributed by atoms with van der Waals surface area (Å²) in [5, 5.41) is 5.52. The molecule has 1 saturated carbocycles. The molecule has 76 heavy (non-hydrogen) atoms. The van der Waals surface area contributed by atoms with Crippen molar-refractivity contribution in [3.8, 4) is 0 Å². The second kappa shape index (κ2) is 30.9. The van der Waals surface area contributed by atoms with Crippen LogP contribution < -0.4 is 43.1 Å². The van der Waals surface area contributed by atoms with Crippen LogP contribution in [0.4, 0.5) is 0 Å². The van der Waals surface area contributed by atoms with Gasteiger partial charge in [-0.15, -0.1) is 0 Å². The predicted molar refractivity (Wildman–Crippen MR) is 323 cm³/mol. The zero-order valence-corrected chi connectivity index (χ0v) is 48.4. The molecule has 11 rings (SSSR count). The second-order valence-electron chi connectivity index (χ2n) is 19.2. The third kappa shape index (κ3) is 15.7. The van der Waals surface area contributed by atoms with Gasteiger partial charge in [-0.2, -0.15) is 21.9 Å². The Labute approximate surface area is 471 Å². The van der Waals surface area contributed by atoms with E-state index in [-0.39, 0.29) is 32.1 Å². The van der Waals surface area contributed by atoms with Crippen molar-refractivity contribution in [3.05, 3.63) is 272 Å². The van der Waals surface area contributed by atoms with Gasteiger partial charge < -0.3 is 18.9 Å². The van der Waals surface area contributed by atoms with Crippen LogP contribution in [0.3, 0.4) is 0 Å². The minimum absolute atomic E-state index is 0. The molecule has 0 spiro atoms. The Balaban J connectivity index is 0.000000152. The van der Waals surface area contributed by atoms with Crippen molar-refractivity contribution in [1.29, 1.82) is 0 Å². The van der Waals surface area contributed by atoms with E-state index < -0.39 is 22.0 Å². The molecule has 3 fully saturated rings. The molecule has 0 atom stereocenters. The Hall–Kier alpha value is -4.85. The van der Waals surface area contributed by atoms with Gasteiger partial charge in [0.05, 0.1) is 26.4 Å². The summed E-state index contributed by atoms with van der Waals surface area (Å²) in [5.41, 5.74) is 5.36. The third-order valence-corrected chi connectivity index (χ3v) is 19.8. The fourth-order valence-electron chi connectivity index (χ4n) is 10.3. The van der Waals surface area contributed by atoms with Crippen molar-refractivity contribution in [3.63, 3.8) is 0 Å². The van der Waals surface area contributed by atoms with Crippen LogP contribution in [0.2, 0.25) is 0 Å². The first kappa shape index (κ1) is 58.8. The molecule has 0 N–H and O–H groups in total. The largest absolute Gasteiger partial charge is 2.00 e. The van der Waals surface area contributed by atoms with Crippen molar-refractivity contribution < 1.29 is 38.4 Å². The minimum atomic E-state index is -1.22. The zero-order valence-electron chi connectivity index (χ0n) is 44.9. The number of hydrogen-bond acceptors (Lipinski definition) is 4. The van der Waals surface area contributed by atoms with Crippen LogP contribution in [0.25, 0.3) is 0 Å². The number of benzene rings is 8. The molecule has 0 bridgehead atoms. The van der Waals surface area contributed by atoms with Crippen LogP contribution in [-0.2, 0) is 38.4 Å². The SMILES string of the molecule is C[C]1[C](C)[C](C)[C](C)[C]1C.[Ru+2].c1ccc(P(CC2OCCCO2)c2ccccc2)cc1.c1ccc(P(CC2OCCCO2)c2ccccc2)cc1.c1ccc([B-](c2ccccc2)(c2ccccc2)c2ccccc2)cc1. The summed E-state index contributed by atoms with van der Waals surface area (Å²) < 4.78 is 23.0. The van der Waals surface area contributed by atoms with E-state index in [4.69, 9.17) is 18.9 Å². The van der Waals surface area contributed by atoms with Gasteiger partial charge in [-0.1, -0.05) is 277 Å². The van der Waals surface area contributed by atoms with Crippen molar-refractivity contribution >= 4 is 65.1 Å². The Morgan fingerprint density at radius 3 is 0.684 bits per heavy atom. The van der Waals surface area contributed by atoms with E-state index in [9.17, 15) is 0 Å². The van der Waals surface area contributed by atoms with E-state index >= 15 is 0 Å². The van der Waals surface area contributed by atoms with Crippen molar-refractivity contribution in [2.45, 2.75) is 60.0 Å². The first-order valence-electron chi connectivity index (χ1n) is 26.6. The Bertz CT molecular complexity index is 2390. The molecule has 5 radical (unpaired) electrons. The molecule has 389 valence electrons. The topological polar surface area (TPSA) is 36.9 Å². The van der Waals surface area contributed by atoms with Crippen molar-refractivity contribution in [1.82, 2.24) is 0 Å². The van der Waals surface area contributed by atoms with Gasteiger partial charge in [-0.05, 0) is 79.5 Å². The van der Waals surface area contributed by atoms with E-state index in [1.54, 1.807) is 0 Å². The van der Waals surface area contributed by atoms with E-state index in [2.05, 4.69) is 277 Å². The maximum Gasteiger partial charge on any atom is 2.00 e. The maximum atomic E-state index is 5.75. The van der Waals surface area contributed by atoms with E-state index in [1.807, 2.05) is 0 Å². The van der Waals surface area contributed by atoms with Crippen LogP contribution >= 0.6 is 15.8 Å². The minimum Gasteiger partial charge on any atom is -0.352 e. The molecule has 0 unspecified atom stereocenters. The van der Waals surface area contributed by atoms with Crippen LogP contribution in [0.1, 0.15) is 47.5 Å². The average Bonchev–Trinajstić information content (AvgIpc) is 3.67. The summed E-state index contributed by atoms with van der Waals surface area (Å²) in [6.07, 6.45) is 2.54. The number of ether oxygens (including phenoxy) is 4. The molecule has 0 aromatic heterocycles. The summed E-state index contributed by atoms with van der Waals surface area (Å²) in [6.45, 7) is 14.3. The molecule has 2 heterocycles. The average molecular weight is 1130 g/mol. The summed E-state index contributed by atoms with van der Waals surface area (Å²) in [7, 11) is -0.847. The Morgan fingerprint density at radius 2 is 0.487 bits per heavy atom. The zero-order chi connectivity index (χ0) is 52.1. The maximum absolute atomic E-state index is 5.75. The van der Waals surface area contributed by atoms with Gasteiger partial charge in [0.2, 0.25) is 0 Å². The van der Waals surface area contributed by atoms with Gasteiger partial charge >= 0.3 is 19.5 Å². The molecule has 8 aromatic carbocycles. The molecule has 3 aliphatic rings. The number of hydrogen-bond donors (Lipinski definition) is 0. The van der Waals surface area contributed by atoms with Gasteiger partial charge in [0, 0.05) is 12.3 Å². The van der Waals surface area contributed by atoms with Crippen LogP contribution in [0, 0.1) is 29.6 Å². The molecular weight excluding hydrogens is 1050 g/mol. The molecule has 1 aliphatic carbocycles. The summed E-state index contributed by atoms with van der Waals surface area (Å²) in [5.74, 6) is 7.34. The molecule has 8 aromatic rings. The monoisotopic (exact) mass is 1130 g/mol. The predicted octanol–water partition coefficient (Wildman–Crippen LogP) is 11.8. The molecular formula is C68H73BO4P2Ru+. The molecule has 2 aliphatic heterocycles. The van der Waals surface area contributed by atoms with E-state index in [1.165, 1.54) is 72.7 Å². The molecule has 2 saturated heterocycles. The van der Waals surface area contributed by atoms with Crippen LogP contribution in [0.15, 0.2) is 243 Å². The first-order chi connectivity index (χ1) is 36.8. The van der Waals surface area contributed by atoms with Crippen molar-refractivity contribution in [2.75, 3.05) is 38.8 Å². The Morgan fingerprint density at radius 1 is 0.303 bits per heavy atom. The normalized spacial score (nSPS) is 16.1. The standard InChI is InChI=1S/C24H20B.2C17H19O2P.C10H15.Ru/c1-5-13-21(14-6-1)25(22-15-7-2-8-16-22,23-17-9-3-10-18-23)24-19-11-4-12-20-24;2*1-3-8-15(9-4-1)20(16-10-5-2-6-11-16)14-17-18-12-7-13-19-17;1-6-7(2)9(4)10(5)8(6)3;/h1-20H;2*1-6,8-11,17H,7,12-14H2;1-5H3;/q-1;;;;+2. The molecule has 8 heteroatoms. The van der Waals surface area contributed by atoms with Crippen LogP contribution in [-0.4, -0.2) is 57.5 Å². The smallest absolute Gasteiger partial charge is 0.352 e. The number of rotatable bonds is 12.